The molecule has 2 aliphatic heterocycles. The van der Waals surface area contributed by atoms with Crippen LogP contribution in [-0.4, -0.2) is 35.5 Å². The average Bonchev–Trinajstić information content (AvgIpc) is 2.83. The number of hydrogen-bond donors (Lipinski definition) is 1. The number of piperidine rings is 1. The summed E-state index contributed by atoms with van der Waals surface area (Å²) < 4.78 is 0.896. The summed E-state index contributed by atoms with van der Waals surface area (Å²) in [5, 5.41) is 3.66. The monoisotopic (exact) mass is 350 g/mol. The van der Waals surface area contributed by atoms with Gasteiger partial charge in [-0.3, -0.25) is 4.79 Å². The summed E-state index contributed by atoms with van der Waals surface area (Å²) in [5.74, 6) is 0.177. The van der Waals surface area contributed by atoms with Crippen molar-refractivity contribution in [2.24, 2.45) is 0 Å². The fourth-order valence-corrected chi connectivity index (χ4v) is 4.22. The highest BCUT2D eigenvalue weighted by Crippen LogP contribution is 2.31. The molecule has 3 rings (SSSR count). The SMILES string of the molecule is CCCN(C(=O)c1ccccc1Br)C1CC2CCC(C1)N2. The number of carbonyl (C=O) groups excluding carboxylic acids is 1. The molecule has 114 valence electrons. The molecule has 1 N–H and O–H groups in total. The van der Waals surface area contributed by atoms with Crippen molar-refractivity contribution in [2.75, 3.05) is 6.54 Å². The van der Waals surface area contributed by atoms with E-state index in [9.17, 15) is 4.79 Å². The van der Waals surface area contributed by atoms with Crippen molar-refractivity contribution in [2.45, 2.75) is 57.2 Å². The van der Waals surface area contributed by atoms with Crippen molar-refractivity contribution in [1.82, 2.24) is 10.2 Å². The summed E-state index contributed by atoms with van der Waals surface area (Å²) in [7, 11) is 0. The first-order valence-electron chi connectivity index (χ1n) is 8.00. The van der Waals surface area contributed by atoms with Crippen molar-refractivity contribution in [3.63, 3.8) is 0 Å². The summed E-state index contributed by atoms with van der Waals surface area (Å²) in [6, 6.07) is 9.38. The summed E-state index contributed by atoms with van der Waals surface area (Å²) in [4.78, 5) is 15.1. The van der Waals surface area contributed by atoms with Crippen molar-refractivity contribution in [3.8, 4) is 0 Å². The second kappa shape index (κ2) is 6.49. The van der Waals surface area contributed by atoms with Crippen LogP contribution in [0.1, 0.15) is 49.4 Å². The molecule has 2 atom stereocenters. The van der Waals surface area contributed by atoms with Crippen LogP contribution in [0, 0.1) is 0 Å². The topological polar surface area (TPSA) is 32.3 Å². The predicted molar refractivity (Wildman–Crippen MR) is 88.4 cm³/mol. The van der Waals surface area contributed by atoms with Gasteiger partial charge in [0.05, 0.1) is 5.56 Å². The zero-order valence-corrected chi connectivity index (χ0v) is 14.1. The summed E-state index contributed by atoms with van der Waals surface area (Å²) in [5.41, 5.74) is 0.789. The Morgan fingerprint density at radius 1 is 1.29 bits per heavy atom. The highest BCUT2D eigenvalue weighted by atomic mass is 79.9. The number of benzene rings is 1. The number of fused-ring (bicyclic) bond motifs is 2. The summed E-state index contributed by atoms with van der Waals surface area (Å²) >= 11 is 3.52. The number of hydrogen-bond acceptors (Lipinski definition) is 2. The van der Waals surface area contributed by atoms with Gasteiger partial charge in [0.15, 0.2) is 0 Å². The van der Waals surface area contributed by atoms with Crippen molar-refractivity contribution >= 4 is 21.8 Å². The molecule has 3 nitrogen and oxygen atoms in total. The molecular weight excluding hydrogens is 328 g/mol. The number of carbonyl (C=O) groups is 1. The Kier molecular flexibility index (Phi) is 4.65. The molecule has 0 radical (unpaired) electrons. The molecule has 0 aliphatic carbocycles. The fraction of sp³-hybridized carbons (Fsp3) is 0.588. The molecule has 1 aromatic carbocycles. The van der Waals surface area contributed by atoms with Gasteiger partial charge in [0, 0.05) is 29.1 Å². The van der Waals surface area contributed by atoms with E-state index < -0.39 is 0 Å². The number of nitrogens with zero attached hydrogens (tertiary/aromatic N) is 1. The highest BCUT2D eigenvalue weighted by Gasteiger charge is 2.37. The smallest absolute Gasteiger partial charge is 0.255 e. The van der Waals surface area contributed by atoms with E-state index in [2.05, 4.69) is 33.1 Å². The lowest BCUT2D eigenvalue weighted by Gasteiger charge is -2.38. The first-order chi connectivity index (χ1) is 10.2. The molecule has 2 aliphatic rings. The van der Waals surface area contributed by atoms with Crippen LogP contribution in [0.4, 0.5) is 0 Å². The predicted octanol–water partition coefficient (Wildman–Crippen LogP) is 3.58. The molecule has 1 aromatic rings. The fourth-order valence-electron chi connectivity index (χ4n) is 3.76. The standard InChI is InChI=1S/C17H23BrN2O/c1-2-9-20(14-10-12-7-8-13(11-14)19-12)17(21)15-5-3-4-6-16(15)18/h3-6,12-14,19H,2,7-11H2,1H3. The zero-order chi connectivity index (χ0) is 14.8. The van der Waals surface area contributed by atoms with E-state index >= 15 is 0 Å². The van der Waals surface area contributed by atoms with Crippen LogP contribution >= 0.6 is 15.9 Å². The van der Waals surface area contributed by atoms with Gasteiger partial charge >= 0.3 is 0 Å². The third-order valence-electron chi connectivity index (χ3n) is 4.72. The van der Waals surface area contributed by atoms with Crippen LogP contribution in [0.25, 0.3) is 0 Å². The highest BCUT2D eigenvalue weighted by molar-refractivity contribution is 9.10. The second-order valence-corrected chi connectivity index (χ2v) is 7.10. The lowest BCUT2D eigenvalue weighted by molar-refractivity contribution is 0.0616. The first-order valence-corrected chi connectivity index (χ1v) is 8.80. The van der Waals surface area contributed by atoms with Crippen LogP contribution in [0.2, 0.25) is 0 Å². The minimum Gasteiger partial charge on any atom is -0.336 e. The van der Waals surface area contributed by atoms with Gasteiger partial charge in [-0.25, -0.2) is 0 Å². The maximum Gasteiger partial charge on any atom is 0.255 e. The maximum atomic E-state index is 13.0. The van der Waals surface area contributed by atoms with Crippen LogP contribution in [0.5, 0.6) is 0 Å². The van der Waals surface area contributed by atoms with E-state index in [1.54, 1.807) is 0 Å². The van der Waals surface area contributed by atoms with Gasteiger partial charge in [0.2, 0.25) is 0 Å². The van der Waals surface area contributed by atoms with Gasteiger partial charge in [-0.05, 0) is 60.2 Å². The molecule has 1 amide bonds. The van der Waals surface area contributed by atoms with Gasteiger partial charge in [-0.2, -0.15) is 0 Å². The molecule has 0 saturated carbocycles. The van der Waals surface area contributed by atoms with Gasteiger partial charge < -0.3 is 10.2 Å². The third kappa shape index (κ3) is 3.16. The Morgan fingerprint density at radius 3 is 2.57 bits per heavy atom. The van der Waals surface area contributed by atoms with E-state index in [1.165, 1.54) is 12.8 Å². The number of rotatable bonds is 4. The lowest BCUT2D eigenvalue weighted by Crippen LogP contribution is -2.50. The first kappa shape index (κ1) is 15.0. The van der Waals surface area contributed by atoms with Gasteiger partial charge in [-0.15, -0.1) is 0 Å². The molecule has 0 spiro atoms. The third-order valence-corrected chi connectivity index (χ3v) is 5.41. The Balaban J connectivity index is 1.81. The van der Waals surface area contributed by atoms with Gasteiger partial charge in [0.1, 0.15) is 0 Å². The van der Waals surface area contributed by atoms with E-state index in [0.29, 0.717) is 18.1 Å². The van der Waals surface area contributed by atoms with E-state index in [1.807, 2.05) is 24.3 Å². The van der Waals surface area contributed by atoms with E-state index in [4.69, 9.17) is 0 Å². The van der Waals surface area contributed by atoms with Gasteiger partial charge in [-0.1, -0.05) is 19.1 Å². The second-order valence-electron chi connectivity index (χ2n) is 6.24. The minimum absolute atomic E-state index is 0.177. The molecule has 2 bridgehead atoms. The quantitative estimate of drug-likeness (QED) is 0.899. The summed E-state index contributed by atoms with van der Waals surface area (Å²) in [6.45, 7) is 3.00. The Bertz CT molecular complexity index is 507. The summed E-state index contributed by atoms with van der Waals surface area (Å²) in [6.07, 6.45) is 5.75. The van der Waals surface area contributed by atoms with E-state index in [0.717, 1.165) is 35.8 Å². The van der Waals surface area contributed by atoms with Crippen molar-refractivity contribution < 1.29 is 4.79 Å². The van der Waals surface area contributed by atoms with Crippen LogP contribution < -0.4 is 5.32 Å². The number of amides is 1. The lowest BCUT2D eigenvalue weighted by atomic mass is 9.97. The Hall–Kier alpha value is -0.870. The molecular formula is C17H23BrN2O. The van der Waals surface area contributed by atoms with Gasteiger partial charge in [0.25, 0.3) is 5.91 Å². The van der Waals surface area contributed by atoms with Crippen LogP contribution in [0.3, 0.4) is 0 Å². The normalized spacial score (nSPS) is 27.6. The Morgan fingerprint density at radius 2 is 1.95 bits per heavy atom. The molecule has 2 unspecified atom stereocenters. The number of halogens is 1. The van der Waals surface area contributed by atoms with Crippen molar-refractivity contribution in [1.29, 1.82) is 0 Å². The molecule has 4 heteroatoms. The molecule has 0 aromatic heterocycles. The van der Waals surface area contributed by atoms with Crippen molar-refractivity contribution in [3.05, 3.63) is 34.3 Å². The molecule has 21 heavy (non-hydrogen) atoms. The largest absolute Gasteiger partial charge is 0.336 e. The van der Waals surface area contributed by atoms with E-state index in [-0.39, 0.29) is 5.91 Å². The molecule has 2 heterocycles. The molecule has 2 fully saturated rings. The van der Waals surface area contributed by atoms with Crippen LogP contribution in [0.15, 0.2) is 28.7 Å². The Labute approximate surface area is 135 Å². The number of nitrogens with one attached hydrogen (secondary N) is 1. The minimum atomic E-state index is 0.177. The average molecular weight is 351 g/mol. The van der Waals surface area contributed by atoms with Crippen LogP contribution in [-0.2, 0) is 0 Å². The molecule has 2 saturated heterocycles. The zero-order valence-electron chi connectivity index (χ0n) is 12.5. The maximum absolute atomic E-state index is 13.0.